The Kier molecular flexibility index (Phi) is 5.01. The average Bonchev–Trinajstić information content (AvgIpc) is 2.77. The first-order chi connectivity index (χ1) is 11.3. The van der Waals surface area contributed by atoms with Gasteiger partial charge in [0, 0.05) is 44.6 Å². The van der Waals surface area contributed by atoms with E-state index in [0.29, 0.717) is 29.8 Å². The van der Waals surface area contributed by atoms with Gasteiger partial charge in [-0.2, -0.15) is 4.31 Å². The van der Waals surface area contributed by atoms with Crippen molar-refractivity contribution in [2.24, 2.45) is 5.92 Å². The molecule has 0 radical (unpaired) electrons. The van der Waals surface area contributed by atoms with E-state index in [2.05, 4.69) is 4.90 Å². The molecule has 4 rings (SSSR count). The topological polar surface area (TPSA) is 60.9 Å². The van der Waals surface area contributed by atoms with Crippen LogP contribution in [0.3, 0.4) is 0 Å². The van der Waals surface area contributed by atoms with Crippen LogP contribution < -0.4 is 0 Å². The number of fused-ring (bicyclic) bond motifs is 4. The van der Waals surface area contributed by atoms with E-state index >= 15 is 0 Å². The Balaban J connectivity index is 1.79. The highest BCUT2D eigenvalue weighted by Gasteiger charge is 2.41. The van der Waals surface area contributed by atoms with E-state index in [1.807, 2.05) is 13.0 Å². The third kappa shape index (κ3) is 3.51. The molecule has 3 fully saturated rings. The zero-order valence-corrected chi connectivity index (χ0v) is 16.1. The van der Waals surface area contributed by atoms with Crippen LogP contribution in [-0.4, -0.2) is 74.7 Å². The van der Waals surface area contributed by atoms with E-state index in [9.17, 15) is 13.2 Å². The zero-order chi connectivity index (χ0) is 17.5. The summed E-state index contributed by atoms with van der Waals surface area (Å²) in [6.07, 6.45) is 1.91. The third-order valence-electron chi connectivity index (χ3n) is 4.88. The van der Waals surface area contributed by atoms with Gasteiger partial charge in [0.25, 0.3) is 10.0 Å². The van der Waals surface area contributed by atoms with E-state index in [0.717, 1.165) is 24.3 Å². The molecular weight excluding hydrogens is 346 g/mol. The number of sulfonamides is 1. The fourth-order valence-electron chi connectivity index (χ4n) is 3.56. The molecule has 4 heterocycles. The predicted octanol–water partition coefficient (Wildman–Crippen LogP) is 1.23. The number of carbonyl (C=O) groups is 1. The molecule has 0 saturated carbocycles. The zero-order valence-electron chi connectivity index (χ0n) is 14.4. The normalized spacial score (nSPS) is 25.6. The summed E-state index contributed by atoms with van der Waals surface area (Å²) in [6, 6.07) is 3.53. The summed E-state index contributed by atoms with van der Waals surface area (Å²) in [4.78, 5) is 16.7. The second-order valence-electron chi connectivity index (χ2n) is 7.02. The van der Waals surface area contributed by atoms with Gasteiger partial charge in [-0.15, -0.1) is 11.3 Å². The van der Waals surface area contributed by atoms with E-state index < -0.39 is 10.0 Å². The van der Waals surface area contributed by atoms with Crippen molar-refractivity contribution in [2.45, 2.75) is 30.0 Å². The molecule has 134 valence electrons. The van der Waals surface area contributed by atoms with Crippen LogP contribution in [0.5, 0.6) is 0 Å². The molecule has 6 nitrogen and oxygen atoms in total. The Bertz CT molecular complexity index is 714. The van der Waals surface area contributed by atoms with E-state index in [4.69, 9.17) is 0 Å². The van der Waals surface area contributed by atoms with E-state index in [1.165, 1.54) is 11.3 Å². The second kappa shape index (κ2) is 6.74. The van der Waals surface area contributed by atoms with Gasteiger partial charge in [-0.3, -0.25) is 9.69 Å². The summed E-state index contributed by atoms with van der Waals surface area (Å²) in [5, 5.41) is 0. The maximum atomic E-state index is 13.0. The molecule has 0 N–H and O–H groups in total. The van der Waals surface area contributed by atoms with Crippen molar-refractivity contribution in [2.75, 3.05) is 40.3 Å². The number of amides is 1. The molecule has 1 aromatic heterocycles. The van der Waals surface area contributed by atoms with Gasteiger partial charge in [-0.25, -0.2) is 8.42 Å². The van der Waals surface area contributed by atoms with Crippen LogP contribution >= 0.6 is 11.3 Å². The number of likely N-dealkylation sites (N-methyl/N-ethyl adjacent to an activating group) is 1. The molecule has 0 spiro atoms. The van der Waals surface area contributed by atoms with E-state index in [-0.39, 0.29) is 11.9 Å². The summed E-state index contributed by atoms with van der Waals surface area (Å²) in [5.74, 6) is 0.370. The highest BCUT2D eigenvalue weighted by atomic mass is 32.2. The van der Waals surface area contributed by atoms with Crippen molar-refractivity contribution in [3.05, 3.63) is 17.0 Å². The summed E-state index contributed by atoms with van der Waals surface area (Å²) in [7, 11) is 0.0754. The lowest BCUT2D eigenvalue weighted by Gasteiger charge is -2.34. The SMILES string of the molecule is Cc1ccc(S(=O)(=O)N2C[C@@H]3CC[C@H]2CN(CC(=O)N(C)C)C3)s1. The van der Waals surface area contributed by atoms with Crippen LogP contribution in [0.1, 0.15) is 17.7 Å². The second-order valence-corrected chi connectivity index (χ2v) is 10.4. The molecule has 0 aliphatic carbocycles. The summed E-state index contributed by atoms with van der Waals surface area (Å²) >= 11 is 1.33. The van der Waals surface area contributed by atoms with Crippen molar-refractivity contribution in [3.63, 3.8) is 0 Å². The molecule has 2 bridgehead atoms. The van der Waals surface area contributed by atoms with Crippen LogP contribution in [0.2, 0.25) is 0 Å². The highest BCUT2D eigenvalue weighted by Crippen LogP contribution is 2.34. The van der Waals surface area contributed by atoms with Crippen molar-refractivity contribution < 1.29 is 13.2 Å². The van der Waals surface area contributed by atoms with Gasteiger partial charge >= 0.3 is 0 Å². The maximum absolute atomic E-state index is 13.0. The van der Waals surface area contributed by atoms with Crippen LogP contribution in [0.4, 0.5) is 0 Å². The van der Waals surface area contributed by atoms with Crippen molar-refractivity contribution >= 4 is 27.3 Å². The highest BCUT2D eigenvalue weighted by molar-refractivity contribution is 7.91. The van der Waals surface area contributed by atoms with Crippen molar-refractivity contribution in [3.8, 4) is 0 Å². The molecular formula is C16H25N3O3S2. The fourth-order valence-corrected chi connectivity index (χ4v) is 6.69. The fraction of sp³-hybridized carbons (Fsp3) is 0.688. The van der Waals surface area contributed by atoms with Gasteiger partial charge in [0.05, 0.1) is 6.54 Å². The number of aryl methyl sites for hydroxylation is 1. The minimum absolute atomic E-state index is 0.0360. The number of hydrogen-bond donors (Lipinski definition) is 0. The lowest BCUT2D eigenvalue weighted by Crippen LogP contribution is -2.47. The first-order valence-corrected chi connectivity index (χ1v) is 10.5. The van der Waals surface area contributed by atoms with Crippen LogP contribution in [0, 0.1) is 12.8 Å². The first-order valence-electron chi connectivity index (χ1n) is 8.28. The maximum Gasteiger partial charge on any atom is 0.252 e. The van der Waals surface area contributed by atoms with Crippen molar-refractivity contribution in [1.29, 1.82) is 0 Å². The van der Waals surface area contributed by atoms with Crippen LogP contribution in [0.25, 0.3) is 0 Å². The average molecular weight is 372 g/mol. The Morgan fingerprint density at radius 2 is 2.00 bits per heavy atom. The minimum Gasteiger partial charge on any atom is -0.348 e. The smallest absolute Gasteiger partial charge is 0.252 e. The number of hydrogen-bond acceptors (Lipinski definition) is 5. The Labute approximate surface area is 148 Å². The van der Waals surface area contributed by atoms with Crippen LogP contribution in [-0.2, 0) is 14.8 Å². The van der Waals surface area contributed by atoms with Crippen LogP contribution in [0.15, 0.2) is 16.3 Å². The van der Waals surface area contributed by atoms with Gasteiger partial charge in [0.15, 0.2) is 0 Å². The minimum atomic E-state index is -3.43. The molecule has 24 heavy (non-hydrogen) atoms. The largest absolute Gasteiger partial charge is 0.348 e. The molecule has 0 aromatic carbocycles. The molecule has 1 aromatic rings. The standard InChI is InChI=1S/C16H25N3O3S2/c1-12-4-7-16(23-12)24(21,22)19-9-13-5-6-14(19)10-18(8-13)11-15(20)17(2)3/h4,7,13-14H,5-6,8-11H2,1-3H3/t13-,14+/m1/s1. The molecule has 3 aliphatic heterocycles. The number of carbonyl (C=O) groups excluding carboxylic acids is 1. The Morgan fingerprint density at radius 1 is 1.25 bits per heavy atom. The molecule has 8 heteroatoms. The Hall–Kier alpha value is -0.960. The number of piperidine rings is 1. The lowest BCUT2D eigenvalue weighted by atomic mass is 9.97. The molecule has 3 aliphatic rings. The van der Waals surface area contributed by atoms with Gasteiger partial charge in [0.2, 0.25) is 5.91 Å². The lowest BCUT2D eigenvalue weighted by molar-refractivity contribution is -0.129. The summed E-state index contributed by atoms with van der Waals surface area (Å²) < 4.78 is 28.2. The molecule has 0 unspecified atom stereocenters. The van der Waals surface area contributed by atoms with Gasteiger partial charge < -0.3 is 4.90 Å². The molecule has 1 amide bonds. The monoisotopic (exact) mass is 371 g/mol. The first kappa shape index (κ1) is 17.8. The van der Waals surface area contributed by atoms with Gasteiger partial charge in [-0.05, 0) is 37.8 Å². The van der Waals surface area contributed by atoms with Crippen molar-refractivity contribution in [1.82, 2.24) is 14.1 Å². The number of nitrogens with zero attached hydrogens (tertiary/aromatic N) is 3. The Morgan fingerprint density at radius 3 is 2.62 bits per heavy atom. The third-order valence-corrected chi connectivity index (χ3v) is 8.26. The number of rotatable bonds is 4. The molecule has 3 saturated heterocycles. The van der Waals surface area contributed by atoms with E-state index in [1.54, 1.807) is 29.4 Å². The predicted molar refractivity (Wildman–Crippen MR) is 94.6 cm³/mol. The van der Waals surface area contributed by atoms with Gasteiger partial charge in [-0.1, -0.05) is 0 Å². The molecule has 2 atom stereocenters. The number of thiophene rings is 1. The summed E-state index contributed by atoms with van der Waals surface area (Å²) in [5.41, 5.74) is 0. The quantitative estimate of drug-likeness (QED) is 0.799. The summed E-state index contributed by atoms with van der Waals surface area (Å²) in [6.45, 7) is 4.29. The van der Waals surface area contributed by atoms with Gasteiger partial charge in [0.1, 0.15) is 4.21 Å².